The van der Waals surface area contributed by atoms with Gasteiger partial charge in [0.2, 0.25) is 0 Å². The fourth-order valence-corrected chi connectivity index (χ4v) is 7.41. The van der Waals surface area contributed by atoms with E-state index >= 15 is 0 Å². The van der Waals surface area contributed by atoms with Gasteiger partial charge in [-0.05, 0) is 75.1 Å². The molecule has 8 nitrogen and oxygen atoms in total. The molecular weight excluding hydrogens is 542 g/mol. The van der Waals surface area contributed by atoms with Crippen molar-refractivity contribution >= 4 is 39.4 Å². The maximum Gasteiger partial charge on any atom is 0.328 e. The smallest absolute Gasteiger partial charge is 0.328 e. The highest BCUT2D eigenvalue weighted by Crippen LogP contribution is 2.41. The Morgan fingerprint density at radius 3 is 2.09 bits per heavy atom. The predicted octanol–water partition coefficient (Wildman–Crippen LogP) is 5.02. The number of likely N-dealkylation sites (tertiary alicyclic amines) is 1. The van der Waals surface area contributed by atoms with Crippen molar-refractivity contribution in [3.63, 3.8) is 0 Å². The molecule has 228 valence electrons. The van der Waals surface area contributed by atoms with Crippen LogP contribution in [0.3, 0.4) is 0 Å². The third kappa shape index (κ3) is 5.75. The van der Waals surface area contributed by atoms with E-state index in [1.807, 2.05) is 80.8 Å². The molecule has 3 aliphatic rings. The van der Waals surface area contributed by atoms with E-state index in [9.17, 15) is 14.4 Å². The SMILES string of the molecule is CC(C)(C)OC(=O)CN1CCN(C2CCN(C(=O)c3c4ccccc4cc4ccccc34)CC2)CC12CC(C)(C)OC2=O. The third-order valence-corrected chi connectivity index (χ3v) is 9.19. The number of carbonyl (C=O) groups excluding carboxylic acids is 3. The number of hydrogen-bond acceptors (Lipinski definition) is 7. The normalized spacial score (nSPS) is 23.7. The number of esters is 2. The van der Waals surface area contributed by atoms with Crippen LogP contribution in [0.5, 0.6) is 0 Å². The Morgan fingerprint density at radius 1 is 0.930 bits per heavy atom. The van der Waals surface area contributed by atoms with E-state index < -0.39 is 16.7 Å². The molecule has 1 atom stereocenters. The van der Waals surface area contributed by atoms with E-state index in [-0.39, 0.29) is 30.4 Å². The zero-order chi connectivity index (χ0) is 30.6. The number of nitrogens with zero attached hydrogens (tertiary/aromatic N) is 3. The standard InChI is InChI=1S/C35H43N3O5/c1-33(2,3)42-29(39)21-38-19-18-37(23-35(38)22-34(4,5)43-32(35)41)26-14-16-36(17-15-26)31(40)30-27-12-8-6-10-24(27)20-25-11-7-9-13-28(25)30/h6-13,20,26H,14-19,21-23H2,1-5H3. The van der Waals surface area contributed by atoms with Crippen LogP contribution in [0, 0.1) is 0 Å². The second-order valence-corrected chi connectivity index (χ2v) is 14.1. The summed E-state index contributed by atoms with van der Waals surface area (Å²) in [6.45, 7) is 12.6. The number of benzene rings is 3. The van der Waals surface area contributed by atoms with Crippen molar-refractivity contribution in [2.45, 2.75) is 76.7 Å². The molecule has 3 fully saturated rings. The highest BCUT2D eigenvalue weighted by molar-refractivity contribution is 6.18. The molecule has 0 aromatic heterocycles. The highest BCUT2D eigenvalue weighted by atomic mass is 16.6. The van der Waals surface area contributed by atoms with Gasteiger partial charge in [0.1, 0.15) is 16.7 Å². The highest BCUT2D eigenvalue weighted by Gasteiger charge is 2.59. The summed E-state index contributed by atoms with van der Waals surface area (Å²) >= 11 is 0. The average Bonchev–Trinajstić information content (AvgIpc) is 3.18. The fraction of sp³-hybridized carbons (Fsp3) is 0.514. The Kier molecular flexibility index (Phi) is 7.50. The number of hydrogen-bond donors (Lipinski definition) is 0. The summed E-state index contributed by atoms with van der Waals surface area (Å²) in [7, 11) is 0. The van der Waals surface area contributed by atoms with Crippen LogP contribution in [0.15, 0.2) is 54.6 Å². The fourth-order valence-electron chi connectivity index (χ4n) is 7.41. The monoisotopic (exact) mass is 585 g/mol. The van der Waals surface area contributed by atoms with Gasteiger partial charge in [0.15, 0.2) is 0 Å². The molecule has 1 spiro atoms. The second kappa shape index (κ2) is 10.9. The van der Waals surface area contributed by atoms with Gasteiger partial charge in [0, 0.05) is 45.2 Å². The van der Waals surface area contributed by atoms with Crippen molar-refractivity contribution in [2.24, 2.45) is 0 Å². The summed E-state index contributed by atoms with van der Waals surface area (Å²) < 4.78 is 11.5. The summed E-state index contributed by atoms with van der Waals surface area (Å²) in [5.74, 6) is -0.516. The van der Waals surface area contributed by atoms with E-state index in [4.69, 9.17) is 9.47 Å². The third-order valence-electron chi connectivity index (χ3n) is 9.19. The van der Waals surface area contributed by atoms with Gasteiger partial charge < -0.3 is 14.4 Å². The Hall–Kier alpha value is -3.49. The molecule has 0 N–H and O–H groups in total. The second-order valence-electron chi connectivity index (χ2n) is 14.1. The molecule has 3 aromatic rings. The van der Waals surface area contributed by atoms with Gasteiger partial charge in [-0.15, -0.1) is 0 Å². The minimum Gasteiger partial charge on any atom is -0.459 e. The summed E-state index contributed by atoms with van der Waals surface area (Å²) in [5, 5.41) is 4.11. The van der Waals surface area contributed by atoms with E-state index in [0.717, 1.165) is 46.5 Å². The van der Waals surface area contributed by atoms with E-state index in [2.05, 4.69) is 23.1 Å². The first-order valence-corrected chi connectivity index (χ1v) is 15.5. The molecule has 3 aromatic carbocycles. The van der Waals surface area contributed by atoms with Crippen molar-refractivity contribution in [1.82, 2.24) is 14.7 Å². The summed E-state index contributed by atoms with van der Waals surface area (Å²) in [6, 6.07) is 18.6. The summed E-state index contributed by atoms with van der Waals surface area (Å²) in [4.78, 5) is 46.8. The van der Waals surface area contributed by atoms with Gasteiger partial charge in [0.05, 0.1) is 12.1 Å². The lowest BCUT2D eigenvalue weighted by Crippen LogP contribution is -2.67. The number of rotatable bonds is 4. The van der Waals surface area contributed by atoms with Gasteiger partial charge >= 0.3 is 11.9 Å². The number of cyclic esters (lactones) is 1. The molecule has 6 rings (SSSR count). The maximum absolute atomic E-state index is 14.1. The van der Waals surface area contributed by atoms with E-state index in [1.54, 1.807) is 0 Å². The quantitative estimate of drug-likeness (QED) is 0.314. The molecular formula is C35H43N3O5. The van der Waals surface area contributed by atoms with Crippen molar-refractivity contribution in [1.29, 1.82) is 0 Å². The molecule has 1 unspecified atom stereocenters. The zero-order valence-electron chi connectivity index (χ0n) is 26.0. The molecule has 0 bridgehead atoms. The minimum atomic E-state index is -0.895. The maximum atomic E-state index is 14.1. The number of amides is 1. The van der Waals surface area contributed by atoms with Gasteiger partial charge in [-0.3, -0.25) is 19.4 Å². The molecule has 0 saturated carbocycles. The number of carbonyl (C=O) groups is 3. The Labute approximate surface area is 253 Å². The molecule has 3 heterocycles. The van der Waals surface area contributed by atoms with Crippen molar-refractivity contribution < 1.29 is 23.9 Å². The Morgan fingerprint density at radius 2 is 1.53 bits per heavy atom. The predicted molar refractivity (Wildman–Crippen MR) is 167 cm³/mol. The molecule has 0 aliphatic carbocycles. The lowest BCUT2D eigenvalue weighted by Gasteiger charge is -2.49. The van der Waals surface area contributed by atoms with Crippen LogP contribution in [-0.2, 0) is 19.1 Å². The van der Waals surface area contributed by atoms with Crippen molar-refractivity contribution in [3.8, 4) is 0 Å². The molecule has 43 heavy (non-hydrogen) atoms. The molecule has 1 amide bonds. The van der Waals surface area contributed by atoms with Crippen LogP contribution in [0.25, 0.3) is 21.5 Å². The molecule has 3 saturated heterocycles. The summed E-state index contributed by atoms with van der Waals surface area (Å²) in [5.41, 5.74) is -1.32. The first-order chi connectivity index (χ1) is 20.4. The van der Waals surface area contributed by atoms with Gasteiger partial charge in [-0.2, -0.15) is 0 Å². The van der Waals surface area contributed by atoms with E-state index in [0.29, 0.717) is 32.6 Å². The number of piperidine rings is 1. The number of fused-ring (bicyclic) bond motifs is 2. The van der Waals surface area contributed by atoms with Crippen LogP contribution in [0.2, 0.25) is 0 Å². The van der Waals surface area contributed by atoms with Crippen molar-refractivity contribution in [2.75, 3.05) is 39.3 Å². The van der Waals surface area contributed by atoms with Gasteiger partial charge in [-0.1, -0.05) is 48.5 Å². The molecule has 3 aliphatic heterocycles. The zero-order valence-corrected chi connectivity index (χ0v) is 26.0. The summed E-state index contributed by atoms with van der Waals surface area (Å²) in [6.07, 6.45) is 2.17. The Balaban J connectivity index is 1.19. The van der Waals surface area contributed by atoms with Crippen molar-refractivity contribution in [3.05, 3.63) is 60.2 Å². The largest absolute Gasteiger partial charge is 0.459 e. The van der Waals surface area contributed by atoms with Crippen LogP contribution >= 0.6 is 0 Å². The Bertz CT molecular complexity index is 1510. The van der Waals surface area contributed by atoms with Gasteiger partial charge in [-0.25, -0.2) is 4.79 Å². The van der Waals surface area contributed by atoms with Crippen LogP contribution in [0.1, 0.15) is 64.2 Å². The number of ether oxygens (including phenoxy) is 2. The van der Waals surface area contributed by atoms with Gasteiger partial charge in [0.25, 0.3) is 5.91 Å². The van der Waals surface area contributed by atoms with E-state index in [1.165, 1.54) is 0 Å². The van der Waals surface area contributed by atoms with Crippen LogP contribution < -0.4 is 0 Å². The lowest BCUT2D eigenvalue weighted by molar-refractivity contribution is -0.164. The number of piperazine rings is 1. The first kappa shape index (κ1) is 29.6. The molecule has 8 heteroatoms. The topological polar surface area (TPSA) is 79.4 Å². The average molecular weight is 586 g/mol. The first-order valence-electron chi connectivity index (χ1n) is 15.5. The molecule has 0 radical (unpaired) electrons. The van der Waals surface area contributed by atoms with Crippen LogP contribution in [0.4, 0.5) is 0 Å². The minimum absolute atomic E-state index is 0.0578. The lowest BCUT2D eigenvalue weighted by atomic mass is 9.84. The van der Waals surface area contributed by atoms with Crippen LogP contribution in [-0.4, -0.2) is 94.6 Å².